The van der Waals surface area contributed by atoms with Gasteiger partial charge in [-0.3, -0.25) is 4.79 Å². The summed E-state index contributed by atoms with van der Waals surface area (Å²) in [5, 5.41) is 15.5. The predicted molar refractivity (Wildman–Crippen MR) is 98.2 cm³/mol. The molecular weight excluding hydrogens is 336 g/mol. The molecule has 4 rings (SSSR count). The van der Waals surface area contributed by atoms with Gasteiger partial charge in [-0.25, -0.2) is 4.68 Å². The summed E-state index contributed by atoms with van der Waals surface area (Å²) in [7, 11) is 0. The van der Waals surface area contributed by atoms with E-state index in [9.17, 15) is 9.90 Å². The molecule has 1 aliphatic heterocycles. The van der Waals surface area contributed by atoms with Gasteiger partial charge in [0.15, 0.2) is 0 Å². The van der Waals surface area contributed by atoms with Gasteiger partial charge in [0, 0.05) is 24.5 Å². The highest BCUT2D eigenvalue weighted by atomic mass is 32.1. The van der Waals surface area contributed by atoms with Crippen molar-refractivity contribution in [2.24, 2.45) is 5.73 Å². The van der Waals surface area contributed by atoms with Gasteiger partial charge >= 0.3 is 0 Å². The Hall–Kier alpha value is -2.22. The number of aliphatic hydroxyl groups is 1. The van der Waals surface area contributed by atoms with Crippen molar-refractivity contribution < 1.29 is 9.90 Å². The van der Waals surface area contributed by atoms with E-state index < -0.39 is 6.10 Å². The van der Waals surface area contributed by atoms with Crippen molar-refractivity contribution >= 4 is 27.5 Å². The third-order valence-electron chi connectivity index (χ3n) is 4.50. The number of fused-ring (bicyclic) bond motifs is 1. The lowest BCUT2D eigenvalue weighted by Crippen LogP contribution is -2.51. The average molecular weight is 356 g/mol. The molecule has 2 atom stereocenters. The normalized spacial score (nSPS) is 21.0. The summed E-state index contributed by atoms with van der Waals surface area (Å²) in [6, 6.07) is 11.6. The molecule has 0 aliphatic carbocycles. The maximum absolute atomic E-state index is 12.9. The first-order valence-corrected chi connectivity index (χ1v) is 9.12. The smallest absolute Gasteiger partial charge is 0.264 e. The van der Waals surface area contributed by atoms with Gasteiger partial charge in [-0.1, -0.05) is 18.2 Å². The number of hydrogen-bond donors (Lipinski definition) is 2. The molecular formula is C18H20N4O2S. The Morgan fingerprint density at radius 2 is 2.08 bits per heavy atom. The zero-order valence-electron chi connectivity index (χ0n) is 13.9. The van der Waals surface area contributed by atoms with Crippen LogP contribution in [0.2, 0.25) is 0 Å². The molecule has 1 aromatic carbocycles. The zero-order chi connectivity index (χ0) is 17.6. The van der Waals surface area contributed by atoms with Crippen LogP contribution in [-0.2, 0) is 0 Å². The van der Waals surface area contributed by atoms with Crippen LogP contribution >= 0.6 is 11.3 Å². The second-order valence-electron chi connectivity index (χ2n) is 6.52. The van der Waals surface area contributed by atoms with Crippen LogP contribution in [0.4, 0.5) is 0 Å². The molecule has 7 heteroatoms. The van der Waals surface area contributed by atoms with Crippen molar-refractivity contribution in [2.75, 3.05) is 13.1 Å². The van der Waals surface area contributed by atoms with Crippen molar-refractivity contribution in [3.63, 3.8) is 0 Å². The number of carbonyl (C=O) groups is 1. The topological polar surface area (TPSA) is 84.4 Å². The largest absolute Gasteiger partial charge is 0.391 e. The fourth-order valence-electron chi connectivity index (χ4n) is 3.33. The summed E-state index contributed by atoms with van der Waals surface area (Å²) in [4.78, 5) is 16.1. The van der Waals surface area contributed by atoms with E-state index in [0.29, 0.717) is 24.4 Å². The van der Waals surface area contributed by atoms with E-state index in [-0.39, 0.29) is 11.9 Å². The van der Waals surface area contributed by atoms with Gasteiger partial charge in [-0.2, -0.15) is 5.10 Å². The monoisotopic (exact) mass is 356 g/mol. The standard InChI is InChI=1S/C18H20N4O2S/c1-11-15-8-16(17(24)21-9-12(19)7-14(23)10-21)25-18(15)22(20-11)13-5-3-2-4-6-13/h2-6,8,12,14,23H,7,9-10,19H2,1H3/t12-,14+/m0/s1. The maximum Gasteiger partial charge on any atom is 0.264 e. The molecule has 0 saturated carbocycles. The van der Waals surface area contributed by atoms with Gasteiger partial charge < -0.3 is 15.7 Å². The first kappa shape index (κ1) is 16.3. The molecule has 3 aromatic rings. The lowest BCUT2D eigenvalue weighted by Gasteiger charge is -2.33. The van der Waals surface area contributed by atoms with Crippen molar-refractivity contribution in [3.8, 4) is 5.69 Å². The molecule has 0 radical (unpaired) electrons. The number of para-hydroxylation sites is 1. The van der Waals surface area contributed by atoms with Crippen molar-refractivity contribution in [1.82, 2.24) is 14.7 Å². The van der Waals surface area contributed by atoms with E-state index in [1.54, 1.807) is 4.90 Å². The van der Waals surface area contributed by atoms with E-state index in [0.717, 1.165) is 21.6 Å². The summed E-state index contributed by atoms with van der Waals surface area (Å²) in [6.07, 6.45) is -0.0122. The van der Waals surface area contributed by atoms with Crippen LogP contribution in [-0.4, -0.2) is 50.9 Å². The minimum absolute atomic E-state index is 0.0746. The number of likely N-dealkylation sites (tertiary alicyclic amines) is 1. The van der Waals surface area contributed by atoms with Crippen molar-refractivity contribution in [2.45, 2.75) is 25.5 Å². The summed E-state index contributed by atoms with van der Waals surface area (Å²) in [6.45, 7) is 2.77. The van der Waals surface area contributed by atoms with Gasteiger partial charge in [-0.15, -0.1) is 11.3 Å². The van der Waals surface area contributed by atoms with Gasteiger partial charge in [0.1, 0.15) is 4.83 Å². The van der Waals surface area contributed by atoms with Crippen LogP contribution in [0.3, 0.4) is 0 Å². The molecule has 2 aromatic heterocycles. The fourth-order valence-corrected chi connectivity index (χ4v) is 4.48. The number of β-amino-alcohol motifs (C(OH)–C–C–N with tert-alkyl or cyclic N) is 1. The Morgan fingerprint density at radius 3 is 2.80 bits per heavy atom. The number of hydrogen-bond acceptors (Lipinski definition) is 5. The minimum Gasteiger partial charge on any atom is -0.391 e. The molecule has 0 spiro atoms. The van der Waals surface area contributed by atoms with Crippen LogP contribution in [0, 0.1) is 6.92 Å². The highest BCUT2D eigenvalue weighted by Crippen LogP contribution is 2.31. The van der Waals surface area contributed by atoms with E-state index in [1.165, 1.54) is 11.3 Å². The Morgan fingerprint density at radius 1 is 1.32 bits per heavy atom. The molecule has 0 bridgehead atoms. The molecule has 1 fully saturated rings. The highest BCUT2D eigenvalue weighted by molar-refractivity contribution is 7.20. The number of aryl methyl sites for hydroxylation is 1. The second kappa shape index (κ2) is 6.25. The number of thiophene rings is 1. The summed E-state index contributed by atoms with van der Waals surface area (Å²) in [5.74, 6) is -0.0746. The number of aliphatic hydroxyl groups excluding tert-OH is 1. The Kier molecular flexibility index (Phi) is 4.07. The number of aromatic nitrogens is 2. The number of amides is 1. The van der Waals surface area contributed by atoms with Crippen LogP contribution in [0.1, 0.15) is 21.8 Å². The molecule has 3 N–H and O–H groups in total. The number of rotatable bonds is 2. The molecule has 6 nitrogen and oxygen atoms in total. The number of piperidine rings is 1. The Labute approximate surface area is 149 Å². The maximum atomic E-state index is 12.9. The van der Waals surface area contributed by atoms with Crippen LogP contribution < -0.4 is 5.73 Å². The third kappa shape index (κ3) is 2.95. The van der Waals surface area contributed by atoms with Gasteiger partial charge in [0.25, 0.3) is 5.91 Å². The third-order valence-corrected chi connectivity index (χ3v) is 5.60. The first-order valence-electron chi connectivity index (χ1n) is 8.30. The van der Waals surface area contributed by atoms with Crippen LogP contribution in [0.5, 0.6) is 0 Å². The quantitative estimate of drug-likeness (QED) is 0.735. The van der Waals surface area contributed by atoms with Crippen LogP contribution in [0.15, 0.2) is 36.4 Å². The summed E-state index contributed by atoms with van der Waals surface area (Å²) >= 11 is 1.43. The van der Waals surface area contributed by atoms with E-state index >= 15 is 0 Å². The lowest BCUT2D eigenvalue weighted by atomic mass is 10.0. The minimum atomic E-state index is -0.552. The molecule has 25 heavy (non-hydrogen) atoms. The van der Waals surface area contributed by atoms with Gasteiger partial charge in [0.2, 0.25) is 0 Å². The summed E-state index contributed by atoms with van der Waals surface area (Å²) in [5.41, 5.74) is 7.81. The SMILES string of the molecule is Cc1nn(-c2ccccc2)c2sc(C(=O)N3C[C@@H](N)C[C@@H](O)C3)cc12. The number of carbonyl (C=O) groups excluding carboxylic acids is 1. The summed E-state index contributed by atoms with van der Waals surface area (Å²) < 4.78 is 1.88. The molecule has 0 unspecified atom stereocenters. The Balaban J connectivity index is 1.71. The number of benzene rings is 1. The van der Waals surface area contributed by atoms with E-state index in [1.807, 2.05) is 48.0 Å². The Bertz CT molecular complexity index is 908. The van der Waals surface area contributed by atoms with Crippen molar-refractivity contribution in [3.05, 3.63) is 47.0 Å². The van der Waals surface area contributed by atoms with Gasteiger partial charge in [0.05, 0.1) is 22.4 Å². The van der Waals surface area contributed by atoms with Crippen molar-refractivity contribution in [1.29, 1.82) is 0 Å². The molecule has 1 amide bonds. The van der Waals surface area contributed by atoms with E-state index in [2.05, 4.69) is 5.10 Å². The highest BCUT2D eigenvalue weighted by Gasteiger charge is 2.29. The fraction of sp³-hybridized carbons (Fsp3) is 0.333. The molecule has 1 saturated heterocycles. The number of nitrogens with two attached hydrogens (primary N) is 1. The van der Waals surface area contributed by atoms with Gasteiger partial charge in [-0.05, 0) is 31.5 Å². The predicted octanol–water partition coefficient (Wildman–Crippen LogP) is 1.93. The first-order chi connectivity index (χ1) is 12.0. The number of nitrogens with zero attached hydrogens (tertiary/aromatic N) is 3. The molecule has 130 valence electrons. The zero-order valence-corrected chi connectivity index (χ0v) is 14.7. The average Bonchev–Trinajstić information content (AvgIpc) is 3.15. The van der Waals surface area contributed by atoms with E-state index in [4.69, 9.17) is 5.73 Å². The second-order valence-corrected chi connectivity index (χ2v) is 7.55. The lowest BCUT2D eigenvalue weighted by molar-refractivity contribution is 0.0427. The molecule has 3 heterocycles. The van der Waals surface area contributed by atoms with Crippen LogP contribution in [0.25, 0.3) is 15.9 Å². The molecule has 1 aliphatic rings.